The molecule has 0 aliphatic heterocycles. The van der Waals surface area contributed by atoms with Crippen LogP contribution in [0.25, 0.3) is 22.4 Å². The summed E-state index contributed by atoms with van der Waals surface area (Å²) < 4.78 is 5.53. The summed E-state index contributed by atoms with van der Waals surface area (Å²) in [5, 5.41) is 26.5. The number of hydrogen-bond donors (Lipinski definition) is 2. The molecule has 2 aromatic carbocycles. The van der Waals surface area contributed by atoms with Crippen LogP contribution in [-0.2, 0) is 4.79 Å². The van der Waals surface area contributed by atoms with Crippen LogP contribution < -0.4 is 0 Å². The zero-order valence-corrected chi connectivity index (χ0v) is 15.6. The third-order valence-corrected chi connectivity index (χ3v) is 4.81. The van der Waals surface area contributed by atoms with Crippen molar-refractivity contribution in [1.82, 2.24) is 15.2 Å². The summed E-state index contributed by atoms with van der Waals surface area (Å²) in [6, 6.07) is 14.9. The van der Waals surface area contributed by atoms with Crippen molar-refractivity contribution in [3.63, 3.8) is 0 Å². The van der Waals surface area contributed by atoms with Crippen molar-refractivity contribution in [2.75, 3.05) is 5.75 Å². The molecular formula is C19H15N5O3S. The number of aryl methyl sites for hydroxylation is 1. The molecule has 0 saturated carbocycles. The van der Waals surface area contributed by atoms with Crippen molar-refractivity contribution in [1.29, 1.82) is 0 Å². The number of azo groups is 1. The minimum Gasteiger partial charge on any atom is -0.493 e. The number of aromatic hydroxyl groups is 1. The van der Waals surface area contributed by atoms with Gasteiger partial charge in [-0.1, -0.05) is 48.2 Å². The number of aromatic amines is 1. The molecule has 4 aromatic rings. The maximum atomic E-state index is 12.0. The van der Waals surface area contributed by atoms with E-state index in [0.29, 0.717) is 11.3 Å². The van der Waals surface area contributed by atoms with Crippen molar-refractivity contribution in [3.05, 3.63) is 54.1 Å². The first-order chi connectivity index (χ1) is 13.6. The maximum Gasteiger partial charge on any atom is 0.277 e. The molecule has 2 aromatic heterocycles. The molecule has 4 rings (SSSR count). The number of fused-ring (bicyclic) bond motifs is 1. The van der Waals surface area contributed by atoms with Crippen molar-refractivity contribution in [2.24, 2.45) is 10.2 Å². The van der Waals surface area contributed by atoms with Crippen LogP contribution in [0, 0.1) is 6.92 Å². The summed E-state index contributed by atoms with van der Waals surface area (Å²) in [4.78, 5) is 14.9. The van der Waals surface area contributed by atoms with E-state index in [0.717, 1.165) is 28.4 Å². The van der Waals surface area contributed by atoms with Crippen LogP contribution in [0.15, 0.2) is 68.4 Å². The van der Waals surface area contributed by atoms with Crippen LogP contribution in [0.3, 0.4) is 0 Å². The van der Waals surface area contributed by atoms with Gasteiger partial charge in [0.1, 0.15) is 0 Å². The molecule has 0 aliphatic rings. The summed E-state index contributed by atoms with van der Waals surface area (Å²) in [5.74, 6) is -0.234. The van der Waals surface area contributed by atoms with E-state index >= 15 is 0 Å². The Kier molecular flexibility index (Phi) is 4.90. The third kappa shape index (κ3) is 3.65. The fourth-order valence-corrected chi connectivity index (χ4v) is 3.20. The lowest BCUT2D eigenvalue weighted by atomic mass is 10.1. The number of para-hydroxylation sites is 1. The Morgan fingerprint density at radius 3 is 2.82 bits per heavy atom. The number of H-pyrrole nitrogens is 1. The number of nitrogens with zero attached hydrogens (tertiary/aromatic N) is 4. The average molecular weight is 393 g/mol. The van der Waals surface area contributed by atoms with Gasteiger partial charge in [0.05, 0.1) is 11.3 Å². The number of aromatic nitrogens is 3. The second-order valence-corrected chi connectivity index (χ2v) is 6.87. The van der Waals surface area contributed by atoms with Gasteiger partial charge < -0.3 is 14.5 Å². The van der Waals surface area contributed by atoms with Gasteiger partial charge in [-0.05, 0) is 24.6 Å². The molecule has 0 atom stereocenters. The van der Waals surface area contributed by atoms with E-state index in [1.165, 1.54) is 0 Å². The number of thioether (sulfide) groups is 1. The summed E-state index contributed by atoms with van der Waals surface area (Å²) in [7, 11) is 0. The molecule has 0 bridgehead atoms. The number of hydrogen-bond acceptors (Lipinski definition) is 7. The summed E-state index contributed by atoms with van der Waals surface area (Å²) in [6.07, 6.45) is 0. The van der Waals surface area contributed by atoms with Crippen molar-refractivity contribution in [3.8, 4) is 17.3 Å². The monoisotopic (exact) mass is 393 g/mol. The standard InChI is InChI=1S/C19H15N5O3S/c1-11-6-5-9-13-15(11)20-17(26)16(13)22-21-14(25)10-28-19-24-23-18(27-19)12-7-3-2-4-8-12/h2-9,20,26H,10H2,1H3. The highest BCUT2D eigenvalue weighted by Gasteiger charge is 2.13. The van der Waals surface area contributed by atoms with Gasteiger partial charge in [-0.25, -0.2) is 0 Å². The predicted molar refractivity (Wildman–Crippen MR) is 105 cm³/mol. The zero-order valence-electron chi connectivity index (χ0n) is 14.8. The van der Waals surface area contributed by atoms with Gasteiger partial charge in [0.2, 0.25) is 11.8 Å². The molecule has 0 spiro atoms. The summed E-state index contributed by atoms with van der Waals surface area (Å²) in [5.41, 5.74) is 2.76. The van der Waals surface area contributed by atoms with Gasteiger partial charge in [-0.3, -0.25) is 4.79 Å². The van der Waals surface area contributed by atoms with Gasteiger partial charge in [0.25, 0.3) is 11.1 Å². The van der Waals surface area contributed by atoms with Gasteiger partial charge in [0, 0.05) is 10.9 Å². The molecule has 0 radical (unpaired) electrons. The summed E-state index contributed by atoms with van der Waals surface area (Å²) >= 11 is 1.08. The lowest BCUT2D eigenvalue weighted by molar-refractivity contribution is -0.115. The van der Waals surface area contributed by atoms with Gasteiger partial charge in [-0.15, -0.1) is 20.4 Å². The van der Waals surface area contributed by atoms with Gasteiger partial charge in [0.15, 0.2) is 5.69 Å². The largest absolute Gasteiger partial charge is 0.493 e. The molecule has 28 heavy (non-hydrogen) atoms. The number of rotatable bonds is 5. The lowest BCUT2D eigenvalue weighted by Crippen LogP contribution is -1.95. The molecule has 1 amide bonds. The molecule has 0 fully saturated rings. The highest BCUT2D eigenvalue weighted by Crippen LogP contribution is 2.36. The molecular weight excluding hydrogens is 378 g/mol. The second kappa shape index (κ2) is 7.65. The van der Waals surface area contributed by atoms with Crippen LogP contribution in [0.5, 0.6) is 5.88 Å². The van der Waals surface area contributed by atoms with E-state index in [-0.39, 0.29) is 22.5 Å². The summed E-state index contributed by atoms with van der Waals surface area (Å²) in [6.45, 7) is 1.91. The van der Waals surface area contributed by atoms with Crippen molar-refractivity contribution in [2.45, 2.75) is 12.1 Å². The molecule has 0 saturated heterocycles. The molecule has 0 aliphatic carbocycles. The maximum absolute atomic E-state index is 12.0. The minimum atomic E-state index is -0.481. The molecule has 2 N–H and O–H groups in total. The van der Waals surface area contributed by atoms with Crippen LogP contribution in [0.2, 0.25) is 0 Å². The zero-order chi connectivity index (χ0) is 19.5. The Morgan fingerprint density at radius 2 is 2.00 bits per heavy atom. The lowest BCUT2D eigenvalue weighted by Gasteiger charge is -1.94. The van der Waals surface area contributed by atoms with Gasteiger partial charge >= 0.3 is 0 Å². The first-order valence-electron chi connectivity index (χ1n) is 8.38. The Balaban J connectivity index is 1.42. The number of benzene rings is 2. The molecule has 9 heteroatoms. The Hall–Kier alpha value is -3.46. The first kappa shape index (κ1) is 17.9. The van der Waals surface area contributed by atoms with Crippen LogP contribution >= 0.6 is 11.8 Å². The first-order valence-corrected chi connectivity index (χ1v) is 9.37. The van der Waals surface area contributed by atoms with Crippen LogP contribution in [0.1, 0.15) is 5.56 Å². The third-order valence-electron chi connectivity index (χ3n) is 4.00. The van der Waals surface area contributed by atoms with E-state index < -0.39 is 5.91 Å². The predicted octanol–water partition coefficient (Wildman–Crippen LogP) is 4.63. The van der Waals surface area contributed by atoms with E-state index in [1.807, 2.05) is 49.4 Å². The van der Waals surface area contributed by atoms with E-state index in [2.05, 4.69) is 25.4 Å². The van der Waals surface area contributed by atoms with E-state index in [1.54, 1.807) is 6.07 Å². The minimum absolute atomic E-state index is 0.0118. The van der Waals surface area contributed by atoms with Crippen LogP contribution in [0.4, 0.5) is 5.69 Å². The average Bonchev–Trinajstić information content (AvgIpc) is 3.31. The molecule has 8 nitrogen and oxygen atoms in total. The number of nitrogens with one attached hydrogen (secondary N) is 1. The SMILES string of the molecule is Cc1cccc2c(N=NC(=O)CSc3nnc(-c4ccccc4)o3)c(O)[nH]c12. The second-order valence-electron chi connectivity index (χ2n) is 5.94. The van der Waals surface area contributed by atoms with Crippen LogP contribution in [-0.4, -0.2) is 31.9 Å². The smallest absolute Gasteiger partial charge is 0.277 e. The topological polar surface area (TPSA) is 117 Å². The number of carbonyl (C=O) groups excluding carboxylic acids is 1. The highest BCUT2D eigenvalue weighted by atomic mass is 32.2. The number of carbonyl (C=O) groups is 1. The molecule has 2 heterocycles. The fourth-order valence-electron chi connectivity index (χ4n) is 2.66. The Bertz CT molecular complexity index is 1170. The van der Waals surface area contributed by atoms with E-state index in [9.17, 15) is 9.90 Å². The molecule has 0 unspecified atom stereocenters. The van der Waals surface area contributed by atoms with Crippen molar-refractivity contribution >= 4 is 34.3 Å². The van der Waals surface area contributed by atoms with E-state index in [4.69, 9.17) is 4.42 Å². The highest BCUT2D eigenvalue weighted by molar-refractivity contribution is 7.99. The fraction of sp³-hybridized carbons (Fsp3) is 0.105. The van der Waals surface area contributed by atoms with Crippen molar-refractivity contribution < 1.29 is 14.3 Å². The number of amides is 1. The quantitative estimate of drug-likeness (QED) is 0.377. The van der Waals surface area contributed by atoms with Gasteiger partial charge in [-0.2, -0.15) is 0 Å². The normalized spacial score (nSPS) is 11.5. The Labute approximate surface area is 163 Å². The molecule has 140 valence electrons. The Morgan fingerprint density at radius 1 is 1.18 bits per heavy atom.